The first-order chi connectivity index (χ1) is 9.31. The third kappa shape index (κ3) is 5.04. The molecule has 20 heavy (non-hydrogen) atoms. The molecule has 0 heterocycles. The van der Waals surface area contributed by atoms with Crippen LogP contribution in [-0.4, -0.2) is 16.6 Å². The number of hydrogen-bond acceptors (Lipinski definition) is 2. The van der Waals surface area contributed by atoms with Crippen molar-refractivity contribution in [2.45, 2.75) is 18.7 Å². The SMILES string of the molecule is Cc1ccc(C)c(C(C=C(Cl)C(Cl)Cl)=NNC(N)=O)c1. The Balaban J connectivity index is 3.30. The van der Waals surface area contributed by atoms with Gasteiger partial charge in [0, 0.05) is 5.56 Å². The van der Waals surface area contributed by atoms with E-state index < -0.39 is 10.9 Å². The second kappa shape index (κ2) is 7.53. The molecule has 2 amide bonds. The summed E-state index contributed by atoms with van der Waals surface area (Å²) in [5, 5.41) is 4.13. The van der Waals surface area contributed by atoms with Crippen LogP contribution in [0.4, 0.5) is 4.79 Å². The lowest BCUT2D eigenvalue weighted by Crippen LogP contribution is -2.26. The number of hydrazone groups is 1. The number of nitrogens with zero attached hydrogens (tertiary/aromatic N) is 1. The van der Waals surface area contributed by atoms with Gasteiger partial charge in [0.1, 0.15) is 4.84 Å². The second-order valence-corrected chi connectivity index (χ2v) is 5.65. The van der Waals surface area contributed by atoms with Crippen LogP contribution < -0.4 is 11.2 Å². The van der Waals surface area contributed by atoms with Gasteiger partial charge in [-0.1, -0.05) is 52.5 Å². The van der Waals surface area contributed by atoms with Crippen molar-refractivity contribution >= 4 is 46.5 Å². The van der Waals surface area contributed by atoms with E-state index in [1.54, 1.807) is 0 Å². The highest BCUT2D eigenvalue weighted by molar-refractivity contribution is 6.52. The average molecular weight is 335 g/mol. The highest BCUT2D eigenvalue weighted by atomic mass is 35.5. The molecular weight excluding hydrogens is 321 g/mol. The van der Waals surface area contributed by atoms with Gasteiger partial charge in [0.25, 0.3) is 0 Å². The second-order valence-electron chi connectivity index (χ2n) is 4.12. The van der Waals surface area contributed by atoms with Crippen molar-refractivity contribution < 1.29 is 4.79 Å². The highest BCUT2D eigenvalue weighted by Crippen LogP contribution is 2.20. The van der Waals surface area contributed by atoms with E-state index in [9.17, 15) is 4.79 Å². The van der Waals surface area contributed by atoms with Crippen molar-refractivity contribution in [3.05, 3.63) is 46.0 Å². The summed E-state index contributed by atoms with van der Waals surface area (Å²) in [5.41, 5.74) is 10.4. The molecular formula is C13H14Cl3N3O. The maximum Gasteiger partial charge on any atom is 0.332 e. The fourth-order valence-corrected chi connectivity index (χ4v) is 1.72. The van der Waals surface area contributed by atoms with Crippen LogP contribution in [0.3, 0.4) is 0 Å². The van der Waals surface area contributed by atoms with Gasteiger partial charge in [0.15, 0.2) is 0 Å². The molecule has 0 fully saturated rings. The van der Waals surface area contributed by atoms with Gasteiger partial charge >= 0.3 is 6.03 Å². The first-order valence-corrected chi connectivity index (χ1v) is 6.92. The summed E-state index contributed by atoms with van der Waals surface area (Å²) in [7, 11) is 0. The van der Waals surface area contributed by atoms with Crippen molar-refractivity contribution in [3.63, 3.8) is 0 Å². The van der Waals surface area contributed by atoms with Crippen LogP contribution in [0.25, 0.3) is 0 Å². The van der Waals surface area contributed by atoms with Crippen molar-refractivity contribution in [3.8, 4) is 0 Å². The summed E-state index contributed by atoms with van der Waals surface area (Å²) in [6.45, 7) is 3.86. The largest absolute Gasteiger partial charge is 0.350 e. The number of primary amides is 1. The predicted molar refractivity (Wildman–Crippen MR) is 84.6 cm³/mol. The first-order valence-electron chi connectivity index (χ1n) is 5.67. The number of hydrogen-bond donors (Lipinski definition) is 2. The molecule has 0 bridgehead atoms. The van der Waals surface area contributed by atoms with E-state index in [-0.39, 0.29) is 5.03 Å². The lowest BCUT2D eigenvalue weighted by molar-refractivity contribution is 0.249. The van der Waals surface area contributed by atoms with E-state index in [2.05, 4.69) is 10.5 Å². The number of urea groups is 1. The zero-order valence-electron chi connectivity index (χ0n) is 11.0. The van der Waals surface area contributed by atoms with Gasteiger partial charge in [-0.3, -0.25) is 0 Å². The molecule has 0 spiro atoms. The molecule has 0 aliphatic heterocycles. The maximum absolute atomic E-state index is 10.8. The number of halogens is 3. The number of aryl methyl sites for hydroxylation is 2. The summed E-state index contributed by atoms with van der Waals surface area (Å²) in [4.78, 5) is 9.93. The van der Waals surface area contributed by atoms with E-state index in [0.29, 0.717) is 5.71 Å². The Morgan fingerprint density at radius 2 is 2.05 bits per heavy atom. The normalized spacial score (nSPS) is 12.7. The van der Waals surface area contributed by atoms with Crippen LogP contribution in [0.15, 0.2) is 34.4 Å². The van der Waals surface area contributed by atoms with Crippen molar-refractivity contribution in [2.75, 3.05) is 0 Å². The van der Waals surface area contributed by atoms with Crippen molar-refractivity contribution in [1.82, 2.24) is 5.43 Å². The molecule has 1 aromatic carbocycles. The number of rotatable bonds is 4. The molecule has 0 unspecified atom stereocenters. The highest BCUT2D eigenvalue weighted by Gasteiger charge is 2.10. The molecule has 0 aliphatic carbocycles. The molecule has 4 nitrogen and oxygen atoms in total. The number of alkyl halides is 2. The first kappa shape index (κ1) is 16.8. The Morgan fingerprint density at radius 1 is 1.40 bits per heavy atom. The Kier molecular flexibility index (Phi) is 6.33. The lowest BCUT2D eigenvalue weighted by atomic mass is 10.0. The minimum atomic E-state index is -0.874. The molecule has 7 heteroatoms. The van der Waals surface area contributed by atoms with Gasteiger partial charge in [-0.25, -0.2) is 10.2 Å². The molecule has 1 aromatic rings. The summed E-state index contributed by atoms with van der Waals surface area (Å²) in [6, 6.07) is 5.04. The molecule has 0 aromatic heterocycles. The van der Waals surface area contributed by atoms with E-state index >= 15 is 0 Å². The van der Waals surface area contributed by atoms with Gasteiger partial charge in [-0.15, -0.1) is 0 Å². The van der Waals surface area contributed by atoms with Crippen molar-refractivity contribution in [2.24, 2.45) is 10.8 Å². The summed E-state index contributed by atoms with van der Waals surface area (Å²) in [5.74, 6) is 0. The number of allylic oxidation sites excluding steroid dienone is 2. The van der Waals surface area contributed by atoms with Gasteiger partial charge in [-0.2, -0.15) is 5.10 Å². The van der Waals surface area contributed by atoms with Gasteiger partial charge in [-0.05, 0) is 31.6 Å². The summed E-state index contributed by atoms with van der Waals surface area (Å²) in [6.07, 6.45) is 1.49. The van der Waals surface area contributed by atoms with Gasteiger partial charge in [0.05, 0.1) is 10.7 Å². The van der Waals surface area contributed by atoms with Gasteiger partial charge in [0.2, 0.25) is 0 Å². The minimum Gasteiger partial charge on any atom is -0.350 e. The van der Waals surface area contributed by atoms with Crippen LogP contribution in [-0.2, 0) is 0 Å². The molecule has 0 saturated carbocycles. The zero-order chi connectivity index (χ0) is 15.3. The fourth-order valence-electron chi connectivity index (χ4n) is 1.49. The Hall–Kier alpha value is -1.23. The fraction of sp³-hybridized carbons (Fsp3) is 0.231. The minimum absolute atomic E-state index is 0.194. The number of carbonyl (C=O) groups excluding carboxylic acids is 1. The molecule has 108 valence electrons. The van der Waals surface area contributed by atoms with Crippen LogP contribution in [0.1, 0.15) is 16.7 Å². The van der Waals surface area contributed by atoms with E-state index in [1.807, 2.05) is 32.0 Å². The number of benzene rings is 1. The van der Waals surface area contributed by atoms with Crippen molar-refractivity contribution in [1.29, 1.82) is 0 Å². The molecule has 0 aliphatic rings. The maximum atomic E-state index is 10.8. The predicted octanol–water partition coefficient (Wildman–Crippen LogP) is 3.60. The Labute approximate surface area is 132 Å². The number of nitrogens with two attached hydrogens (primary N) is 1. The van der Waals surface area contributed by atoms with Crippen LogP contribution in [0.2, 0.25) is 0 Å². The third-order valence-corrected chi connectivity index (χ3v) is 3.46. The van der Waals surface area contributed by atoms with Crippen LogP contribution >= 0.6 is 34.8 Å². The third-order valence-electron chi connectivity index (χ3n) is 2.44. The van der Waals surface area contributed by atoms with E-state index in [1.165, 1.54) is 6.08 Å². The lowest BCUT2D eigenvalue weighted by Gasteiger charge is -2.09. The summed E-state index contributed by atoms with van der Waals surface area (Å²) < 4.78 is 0. The van der Waals surface area contributed by atoms with Gasteiger partial charge < -0.3 is 5.73 Å². The number of nitrogens with one attached hydrogen (secondary N) is 1. The quantitative estimate of drug-likeness (QED) is 0.493. The summed E-state index contributed by atoms with van der Waals surface area (Å²) >= 11 is 17.3. The molecule has 3 N–H and O–H groups in total. The standard InChI is InChI=1S/C13H14Cl3N3O/c1-7-3-4-8(2)9(5-7)11(18-19-13(17)20)6-10(14)12(15)16/h3-6,12H,1-2H3,(H3,17,19,20). The monoisotopic (exact) mass is 333 g/mol. The molecule has 0 radical (unpaired) electrons. The topological polar surface area (TPSA) is 67.5 Å². The molecule has 0 saturated heterocycles. The number of carbonyl (C=O) groups is 1. The van der Waals surface area contributed by atoms with Crippen LogP contribution in [0, 0.1) is 13.8 Å². The Morgan fingerprint density at radius 3 is 2.60 bits per heavy atom. The molecule has 1 rings (SSSR count). The molecule has 0 atom stereocenters. The Bertz CT molecular complexity index is 568. The van der Waals surface area contributed by atoms with E-state index in [4.69, 9.17) is 40.5 Å². The zero-order valence-corrected chi connectivity index (χ0v) is 13.2. The van der Waals surface area contributed by atoms with Crippen LogP contribution in [0.5, 0.6) is 0 Å². The smallest absolute Gasteiger partial charge is 0.332 e. The van der Waals surface area contributed by atoms with E-state index in [0.717, 1.165) is 16.7 Å². The average Bonchev–Trinajstić information content (AvgIpc) is 2.36. The number of amides is 2.